The largest absolute Gasteiger partial charge is 0.295 e. The minimum absolute atomic E-state index is 0.280. The van der Waals surface area contributed by atoms with E-state index in [9.17, 15) is 5.26 Å². The first-order valence-corrected chi connectivity index (χ1v) is 15.1. The molecule has 3 nitrogen and oxygen atoms in total. The number of aryl methyl sites for hydroxylation is 2. The molecule has 0 bridgehead atoms. The van der Waals surface area contributed by atoms with Gasteiger partial charge in [0.2, 0.25) is 0 Å². The van der Waals surface area contributed by atoms with Gasteiger partial charge in [-0.05, 0) is 76.9 Å². The van der Waals surface area contributed by atoms with Crippen LogP contribution >= 0.6 is 0 Å². The van der Waals surface area contributed by atoms with E-state index < -0.39 is 0 Å². The molecule has 0 N–H and O–H groups in total. The van der Waals surface area contributed by atoms with Gasteiger partial charge >= 0.3 is 0 Å². The topological polar surface area (TPSA) is 32.6 Å². The van der Waals surface area contributed by atoms with Gasteiger partial charge in [0.15, 0.2) is 11.0 Å². The molecule has 0 fully saturated rings. The maximum absolute atomic E-state index is 9.87. The molecule has 5 aromatic carbocycles. The summed E-state index contributed by atoms with van der Waals surface area (Å²) in [6.07, 6.45) is 0. The van der Waals surface area contributed by atoms with Gasteiger partial charge in [-0.25, -0.2) is 4.57 Å². The number of benzene rings is 5. The normalized spacial score (nSPS) is 11.4. The molecular weight excluding hydrogens is 522 g/mol. The highest BCUT2D eigenvalue weighted by atomic mass is 15.2. The summed E-state index contributed by atoms with van der Waals surface area (Å²) >= 11 is 0. The van der Waals surface area contributed by atoms with Crippen LogP contribution in [0.25, 0.3) is 50.4 Å². The molecular formula is C40H38N3+. The van der Waals surface area contributed by atoms with Gasteiger partial charge in [0.1, 0.15) is 5.69 Å². The van der Waals surface area contributed by atoms with Gasteiger partial charge < -0.3 is 0 Å². The smallest absolute Gasteiger partial charge is 0.225 e. The molecule has 0 amide bonds. The average molecular weight is 561 g/mol. The van der Waals surface area contributed by atoms with Crippen LogP contribution in [0.2, 0.25) is 0 Å². The van der Waals surface area contributed by atoms with Crippen LogP contribution in [0.15, 0.2) is 109 Å². The third-order valence-electron chi connectivity index (χ3n) is 8.58. The van der Waals surface area contributed by atoms with Crippen molar-refractivity contribution in [1.29, 1.82) is 5.26 Å². The molecule has 0 unspecified atom stereocenters. The van der Waals surface area contributed by atoms with E-state index in [1.165, 1.54) is 50.2 Å². The van der Waals surface area contributed by atoms with E-state index >= 15 is 0 Å². The summed E-state index contributed by atoms with van der Waals surface area (Å²) in [7, 11) is 2.14. The van der Waals surface area contributed by atoms with Gasteiger partial charge in [-0.2, -0.15) is 9.83 Å². The van der Waals surface area contributed by atoms with Crippen molar-refractivity contribution in [2.45, 2.75) is 46.5 Å². The summed E-state index contributed by atoms with van der Waals surface area (Å²) in [5.74, 6) is 1.68. The number of imidazole rings is 1. The average Bonchev–Trinajstić information content (AvgIpc) is 3.31. The van der Waals surface area contributed by atoms with Crippen LogP contribution in [0.3, 0.4) is 0 Å². The lowest BCUT2D eigenvalue weighted by Crippen LogP contribution is -2.30. The van der Waals surface area contributed by atoms with Crippen LogP contribution in [0.5, 0.6) is 0 Å². The monoisotopic (exact) mass is 560 g/mol. The van der Waals surface area contributed by atoms with E-state index in [2.05, 4.69) is 154 Å². The standard InChI is InChI=1S/C40H38N3/c1-26(2)35-23-33(32-19-17-31(18-20-32)30-13-8-7-9-14-30)24-36(27(3)4)39(35)43-38-22-29(25-41)16-21-37(38)42(6)40(43)34-15-11-10-12-28(34)5/h7-24,26-27H,1-6H3/q+1. The number of nitrogens with zero attached hydrogens (tertiary/aromatic N) is 3. The number of hydrogen-bond acceptors (Lipinski definition) is 1. The van der Waals surface area contributed by atoms with Crippen molar-refractivity contribution in [2.75, 3.05) is 0 Å². The Kier molecular flexibility index (Phi) is 7.46. The van der Waals surface area contributed by atoms with Crippen molar-refractivity contribution in [1.82, 2.24) is 4.57 Å². The van der Waals surface area contributed by atoms with E-state index in [1.54, 1.807) is 0 Å². The van der Waals surface area contributed by atoms with Crippen LogP contribution in [0.1, 0.15) is 61.8 Å². The quantitative estimate of drug-likeness (QED) is 0.187. The van der Waals surface area contributed by atoms with Gasteiger partial charge in [0.25, 0.3) is 5.82 Å². The maximum Gasteiger partial charge on any atom is 0.295 e. The van der Waals surface area contributed by atoms with Crippen LogP contribution in [0.4, 0.5) is 0 Å². The van der Waals surface area contributed by atoms with Crippen molar-refractivity contribution in [3.8, 4) is 45.4 Å². The van der Waals surface area contributed by atoms with E-state index in [-0.39, 0.29) is 11.8 Å². The second kappa shape index (κ2) is 11.4. The molecule has 0 atom stereocenters. The van der Waals surface area contributed by atoms with Crippen molar-refractivity contribution >= 4 is 11.0 Å². The molecule has 0 spiro atoms. The molecule has 1 aromatic heterocycles. The van der Waals surface area contributed by atoms with Gasteiger partial charge in [0, 0.05) is 17.2 Å². The number of nitriles is 1. The van der Waals surface area contributed by atoms with E-state index in [0.29, 0.717) is 5.56 Å². The molecule has 0 aliphatic carbocycles. The van der Waals surface area contributed by atoms with Gasteiger partial charge in [-0.15, -0.1) is 0 Å². The number of hydrogen-bond donors (Lipinski definition) is 0. The summed E-state index contributed by atoms with van der Waals surface area (Å²) in [6.45, 7) is 11.3. The van der Waals surface area contributed by atoms with E-state index in [0.717, 1.165) is 16.9 Å². The van der Waals surface area contributed by atoms with E-state index in [4.69, 9.17) is 0 Å². The molecule has 0 aliphatic rings. The number of aromatic nitrogens is 2. The highest BCUT2D eigenvalue weighted by molar-refractivity contribution is 5.83. The molecule has 3 heteroatoms. The lowest BCUT2D eigenvalue weighted by Gasteiger charge is -2.21. The van der Waals surface area contributed by atoms with Gasteiger partial charge in [-0.3, -0.25) is 0 Å². The minimum Gasteiger partial charge on any atom is -0.225 e. The zero-order valence-corrected chi connectivity index (χ0v) is 25.9. The second-order valence-corrected chi connectivity index (χ2v) is 12.1. The first-order chi connectivity index (χ1) is 20.8. The van der Waals surface area contributed by atoms with Crippen LogP contribution in [-0.2, 0) is 7.05 Å². The zero-order chi connectivity index (χ0) is 30.2. The molecule has 6 rings (SSSR count). The Morgan fingerprint density at radius 1 is 0.651 bits per heavy atom. The molecule has 0 saturated carbocycles. The fraction of sp³-hybridized carbons (Fsp3) is 0.200. The number of rotatable bonds is 6. The first-order valence-electron chi connectivity index (χ1n) is 15.1. The minimum atomic E-state index is 0.280. The lowest BCUT2D eigenvalue weighted by molar-refractivity contribution is -0.633. The fourth-order valence-corrected chi connectivity index (χ4v) is 6.26. The molecule has 43 heavy (non-hydrogen) atoms. The van der Waals surface area contributed by atoms with Gasteiger partial charge in [0.05, 0.1) is 24.2 Å². The molecule has 0 radical (unpaired) electrons. The lowest BCUT2D eigenvalue weighted by atomic mass is 9.87. The summed E-state index contributed by atoms with van der Waals surface area (Å²) in [4.78, 5) is 0. The Labute approximate surface area is 255 Å². The Morgan fingerprint density at radius 3 is 1.79 bits per heavy atom. The van der Waals surface area contributed by atoms with Crippen molar-refractivity contribution < 1.29 is 4.57 Å². The van der Waals surface area contributed by atoms with Crippen molar-refractivity contribution in [2.24, 2.45) is 7.05 Å². The first kappa shape index (κ1) is 28.2. The summed E-state index contributed by atoms with van der Waals surface area (Å²) < 4.78 is 4.70. The number of fused-ring (bicyclic) bond motifs is 1. The predicted molar refractivity (Wildman–Crippen MR) is 178 cm³/mol. The zero-order valence-electron chi connectivity index (χ0n) is 25.9. The summed E-state index contributed by atoms with van der Waals surface area (Å²) in [5, 5.41) is 9.87. The Morgan fingerprint density at radius 2 is 1.21 bits per heavy atom. The maximum atomic E-state index is 9.87. The van der Waals surface area contributed by atoms with Crippen molar-refractivity contribution in [3.63, 3.8) is 0 Å². The van der Waals surface area contributed by atoms with Crippen LogP contribution in [0, 0.1) is 18.3 Å². The molecule has 1 heterocycles. The van der Waals surface area contributed by atoms with Crippen LogP contribution < -0.4 is 4.57 Å². The Balaban J connectivity index is 1.65. The third kappa shape index (κ3) is 5.04. The third-order valence-corrected chi connectivity index (χ3v) is 8.58. The predicted octanol–water partition coefficient (Wildman–Crippen LogP) is 9.88. The Hall–Kier alpha value is -4.94. The molecule has 6 aromatic rings. The second-order valence-electron chi connectivity index (χ2n) is 12.1. The molecule has 0 saturated heterocycles. The van der Waals surface area contributed by atoms with Crippen LogP contribution in [-0.4, -0.2) is 4.57 Å². The summed E-state index contributed by atoms with van der Waals surface area (Å²) in [5.41, 5.74) is 13.9. The Bertz CT molecular complexity index is 1960. The highest BCUT2D eigenvalue weighted by Gasteiger charge is 2.32. The molecule has 0 aliphatic heterocycles. The van der Waals surface area contributed by atoms with Crippen molar-refractivity contribution in [3.05, 3.63) is 131 Å². The molecule has 212 valence electrons. The fourth-order valence-electron chi connectivity index (χ4n) is 6.26. The van der Waals surface area contributed by atoms with E-state index in [1.807, 2.05) is 12.1 Å². The summed E-state index contributed by atoms with van der Waals surface area (Å²) in [6, 6.07) is 41.2. The highest BCUT2D eigenvalue weighted by Crippen LogP contribution is 2.40. The SMILES string of the molecule is Cc1ccccc1-c1n(-c2c(C(C)C)cc(-c3ccc(-c4ccccc4)cc3)cc2C(C)C)c2cc(C#N)ccc2[n+]1C. The van der Waals surface area contributed by atoms with Gasteiger partial charge in [-0.1, -0.05) is 100 Å².